The Bertz CT molecular complexity index is 383. The van der Waals surface area contributed by atoms with Gasteiger partial charge in [0.05, 0.1) is 0 Å². The molecule has 0 radical (unpaired) electrons. The molecule has 0 amide bonds. The van der Waals surface area contributed by atoms with Crippen LogP contribution in [0.3, 0.4) is 0 Å². The van der Waals surface area contributed by atoms with E-state index in [9.17, 15) is 0 Å². The van der Waals surface area contributed by atoms with Gasteiger partial charge in [-0.05, 0) is 0 Å². The fourth-order valence-electron chi connectivity index (χ4n) is 1.15. The van der Waals surface area contributed by atoms with Gasteiger partial charge < -0.3 is 0 Å². The molecule has 3 aliphatic rings. The average molecular weight is 437 g/mol. The fourth-order valence-corrected chi connectivity index (χ4v) is 8.29. The van der Waals surface area contributed by atoms with E-state index in [0.717, 1.165) is 0 Å². The number of rotatable bonds is 1. The van der Waals surface area contributed by atoms with E-state index in [1.165, 1.54) is 56.7 Å². The molecule has 0 spiro atoms. The molecule has 9 heteroatoms. The van der Waals surface area contributed by atoms with Gasteiger partial charge in [0.15, 0.2) is 0 Å². The van der Waals surface area contributed by atoms with Crippen LogP contribution < -0.4 is 0 Å². The summed E-state index contributed by atoms with van der Waals surface area (Å²) in [4.78, 5) is 2.60. The third-order valence-corrected chi connectivity index (χ3v) is 10.4. The van der Waals surface area contributed by atoms with E-state index in [-0.39, 0.29) is 4.58 Å². The van der Waals surface area contributed by atoms with Crippen molar-refractivity contribution in [1.29, 1.82) is 10.5 Å². The first kappa shape index (κ1) is 20.2. The summed E-state index contributed by atoms with van der Waals surface area (Å²) in [5.41, 5.74) is 0. The molecule has 2 fully saturated rings. The number of hydrogen-bond donors (Lipinski definition) is 0. The van der Waals surface area contributed by atoms with E-state index in [4.69, 9.17) is 10.5 Å². The molecule has 3 aliphatic heterocycles. The van der Waals surface area contributed by atoms with Crippen LogP contribution in [0.1, 0.15) is 0 Å². The van der Waals surface area contributed by atoms with Crippen LogP contribution in [-0.2, 0) is 15.0 Å². The zero-order valence-electron chi connectivity index (χ0n) is 11.1. The molecule has 0 saturated carbocycles. The van der Waals surface area contributed by atoms with Crippen molar-refractivity contribution in [3.05, 3.63) is 9.81 Å². The summed E-state index contributed by atoms with van der Waals surface area (Å²) in [6.07, 6.45) is 0. The Morgan fingerprint density at radius 1 is 0.857 bits per heavy atom. The van der Waals surface area contributed by atoms with E-state index in [0.29, 0.717) is 9.81 Å². The molecule has 0 aromatic heterocycles. The van der Waals surface area contributed by atoms with E-state index in [2.05, 4.69) is 15.0 Å². The Morgan fingerprint density at radius 2 is 1.24 bits per heavy atom. The van der Waals surface area contributed by atoms with Crippen molar-refractivity contribution >= 4 is 75.6 Å². The number of nitriles is 2. The molecule has 0 aromatic rings. The predicted molar refractivity (Wildman–Crippen MR) is 103 cm³/mol. The van der Waals surface area contributed by atoms with Gasteiger partial charge in [0, 0.05) is 33.2 Å². The summed E-state index contributed by atoms with van der Waals surface area (Å²) < 4.78 is 0.0827. The van der Waals surface area contributed by atoms with Gasteiger partial charge in [-0.25, -0.2) is 0 Å². The molecular formula is C12H14N2NiS6. The van der Waals surface area contributed by atoms with Crippen molar-refractivity contribution < 1.29 is 15.0 Å². The van der Waals surface area contributed by atoms with Gasteiger partial charge in [0.25, 0.3) is 0 Å². The zero-order valence-corrected chi connectivity index (χ0v) is 16.9. The molecule has 2 saturated heterocycles. The summed E-state index contributed by atoms with van der Waals surface area (Å²) in [6, 6.07) is 3.93. The predicted octanol–water partition coefficient (Wildman–Crippen LogP) is 4.25. The number of nitrogens with zero attached hydrogens (tertiary/aromatic N) is 2. The molecule has 21 heavy (non-hydrogen) atoms. The minimum absolute atomic E-state index is 0.0827. The Kier molecular flexibility index (Phi) is 13.1. The van der Waals surface area contributed by atoms with Crippen LogP contribution in [0.25, 0.3) is 0 Å². The molecule has 0 atom stereocenters. The molecule has 0 aliphatic carbocycles. The summed E-state index contributed by atoms with van der Waals surface area (Å²) >= 11 is 15.3. The molecular weight excluding hydrogens is 423 g/mol. The second kappa shape index (κ2) is 13.6. The van der Waals surface area contributed by atoms with Crippen molar-refractivity contribution in [2.24, 2.45) is 0 Å². The number of thioether (sulfide) groups is 6. The second-order valence-electron chi connectivity index (χ2n) is 3.46. The van der Waals surface area contributed by atoms with Gasteiger partial charge in [-0.1, -0.05) is 0 Å². The summed E-state index contributed by atoms with van der Waals surface area (Å²) in [6.45, 7) is 0. The summed E-state index contributed by atoms with van der Waals surface area (Å²) in [5, 5.41) is 19.8. The van der Waals surface area contributed by atoms with E-state index < -0.39 is 0 Å². The fraction of sp³-hybridized carbons (Fsp3) is 0.583. The Hall–Kier alpha value is 1.18. The van der Waals surface area contributed by atoms with Crippen molar-refractivity contribution in [1.82, 2.24) is 0 Å². The molecule has 118 valence electrons. The molecule has 0 unspecified atom stereocenters. The first-order valence-electron chi connectivity index (χ1n) is 5.90. The molecule has 0 aromatic carbocycles. The van der Waals surface area contributed by atoms with E-state index in [1.54, 1.807) is 4.99 Å². The normalized spacial score (nSPS) is 20.8. The van der Waals surface area contributed by atoms with Gasteiger partial charge >= 0.3 is 80.6 Å². The zero-order chi connectivity index (χ0) is 15.3. The first-order chi connectivity index (χ1) is 10.3. The number of allylic oxidation sites excluding steroid dienone is 2. The van der Waals surface area contributed by atoms with Crippen LogP contribution in [0.2, 0.25) is 0 Å². The molecule has 3 rings (SSSR count). The van der Waals surface area contributed by atoms with Crippen molar-refractivity contribution in [3.63, 3.8) is 0 Å². The van der Waals surface area contributed by atoms with Crippen molar-refractivity contribution in [2.75, 3.05) is 33.2 Å². The van der Waals surface area contributed by atoms with E-state index >= 15 is 0 Å². The van der Waals surface area contributed by atoms with Crippen LogP contribution in [0.5, 0.6) is 0 Å². The Labute approximate surface area is 159 Å². The van der Waals surface area contributed by atoms with Gasteiger partial charge in [0.2, 0.25) is 0 Å². The van der Waals surface area contributed by atoms with Crippen LogP contribution in [-0.4, -0.2) is 42.8 Å². The summed E-state index contributed by atoms with van der Waals surface area (Å²) in [7, 11) is 0. The maximum absolute atomic E-state index is 8.54. The van der Waals surface area contributed by atoms with Crippen LogP contribution in [0, 0.1) is 22.7 Å². The van der Waals surface area contributed by atoms with Crippen LogP contribution in [0.4, 0.5) is 0 Å². The minimum atomic E-state index is 0.0827. The first-order valence-corrected chi connectivity index (χ1v) is 12.9. The van der Waals surface area contributed by atoms with Gasteiger partial charge in [-0.3, -0.25) is 0 Å². The third-order valence-electron chi connectivity index (χ3n) is 2.04. The topological polar surface area (TPSA) is 47.6 Å². The van der Waals surface area contributed by atoms with Crippen LogP contribution in [0.15, 0.2) is 9.81 Å². The van der Waals surface area contributed by atoms with Crippen LogP contribution >= 0.6 is 70.6 Å². The van der Waals surface area contributed by atoms with Gasteiger partial charge in [-0.15, -0.1) is 0 Å². The molecule has 3 heterocycles. The second-order valence-corrected chi connectivity index (χ2v) is 11.5. The quantitative estimate of drug-likeness (QED) is 0.565. The Morgan fingerprint density at radius 3 is 1.43 bits per heavy atom. The average Bonchev–Trinajstić information content (AvgIpc) is 3.31. The van der Waals surface area contributed by atoms with Gasteiger partial charge in [-0.2, -0.15) is 47.0 Å². The Balaban J connectivity index is 0.000000181. The molecule has 0 bridgehead atoms. The number of hydrogen-bond acceptors (Lipinski definition) is 8. The summed E-state index contributed by atoms with van der Waals surface area (Å²) in [5.74, 6) is 5.52. The third kappa shape index (κ3) is 9.15. The molecule has 0 N–H and O–H groups in total. The van der Waals surface area contributed by atoms with Crippen molar-refractivity contribution in [3.8, 4) is 12.1 Å². The molecule has 2 nitrogen and oxygen atoms in total. The SMILES string of the molecule is C1CSCS1.C1CSCS1.N#CC1=C(C#N)SC([CH]=[Ni])S1. The van der Waals surface area contributed by atoms with Crippen molar-refractivity contribution in [2.45, 2.75) is 4.58 Å². The standard InChI is InChI=1S/C6H2N2S2.2C3H6S2.Ni/c1-4-9-5(2-7)6(3-8)10-4;2*1-2-5-3-4-1;/h1,4H;2*1-3H2;. The van der Waals surface area contributed by atoms with Gasteiger partial charge in [0.1, 0.15) is 0 Å². The monoisotopic (exact) mass is 436 g/mol. The van der Waals surface area contributed by atoms with E-state index in [1.807, 2.05) is 59.2 Å². The maximum atomic E-state index is 8.54.